The second-order valence-corrected chi connectivity index (χ2v) is 8.31. The molecular formula is C24H30N4O2. The number of nitrogens with zero attached hydrogens (tertiary/aromatic N) is 2. The third-order valence-corrected chi connectivity index (χ3v) is 6.19. The summed E-state index contributed by atoms with van der Waals surface area (Å²) >= 11 is 0. The Kier molecular flexibility index (Phi) is 6.74. The van der Waals surface area contributed by atoms with Gasteiger partial charge in [-0.05, 0) is 79.5 Å². The highest BCUT2D eigenvalue weighted by Gasteiger charge is 2.21. The van der Waals surface area contributed by atoms with Crippen molar-refractivity contribution in [2.24, 2.45) is 0 Å². The largest absolute Gasteiger partial charge is 0.352 e. The standard InChI is InChI=1S/C24H30N4O2/c29-23(17-26-24(30)21-5-4-19-2-1-3-20(19)16-21)27-22-9-14-28(15-10-22)13-8-18-6-11-25-12-7-18/h4-7,11-12,16,22H,1-3,8-10,13-15,17H2,(H,26,30)(H,27,29). The van der Waals surface area contributed by atoms with E-state index in [1.165, 1.54) is 16.7 Å². The van der Waals surface area contributed by atoms with Gasteiger partial charge in [0.1, 0.15) is 0 Å². The third kappa shape index (κ3) is 5.45. The molecule has 0 radical (unpaired) electrons. The van der Waals surface area contributed by atoms with Gasteiger partial charge in [-0.25, -0.2) is 0 Å². The number of aryl methyl sites for hydroxylation is 2. The van der Waals surface area contributed by atoms with E-state index in [9.17, 15) is 9.59 Å². The maximum absolute atomic E-state index is 12.4. The Bertz CT molecular complexity index is 876. The van der Waals surface area contributed by atoms with Crippen LogP contribution in [0.15, 0.2) is 42.7 Å². The van der Waals surface area contributed by atoms with Crippen molar-refractivity contribution in [2.75, 3.05) is 26.2 Å². The molecule has 1 aromatic carbocycles. The molecule has 6 nitrogen and oxygen atoms in total. The average molecular weight is 407 g/mol. The lowest BCUT2D eigenvalue weighted by Crippen LogP contribution is -2.47. The molecule has 2 aromatic rings. The summed E-state index contributed by atoms with van der Waals surface area (Å²) in [6.07, 6.45) is 9.88. The molecular weight excluding hydrogens is 376 g/mol. The van der Waals surface area contributed by atoms with Crippen LogP contribution in [-0.2, 0) is 24.1 Å². The van der Waals surface area contributed by atoms with E-state index >= 15 is 0 Å². The fourth-order valence-corrected chi connectivity index (χ4v) is 4.39. The number of amides is 2. The number of piperidine rings is 1. The van der Waals surface area contributed by atoms with Gasteiger partial charge in [-0.2, -0.15) is 0 Å². The van der Waals surface area contributed by atoms with Gasteiger partial charge < -0.3 is 15.5 Å². The Morgan fingerprint density at radius 3 is 2.60 bits per heavy atom. The molecule has 1 aromatic heterocycles. The lowest BCUT2D eigenvalue weighted by Gasteiger charge is -2.32. The van der Waals surface area contributed by atoms with Crippen molar-refractivity contribution in [3.05, 3.63) is 65.0 Å². The molecule has 30 heavy (non-hydrogen) atoms. The number of nitrogens with one attached hydrogen (secondary N) is 2. The minimum atomic E-state index is -0.175. The predicted molar refractivity (Wildman–Crippen MR) is 116 cm³/mol. The van der Waals surface area contributed by atoms with Crippen LogP contribution in [0, 0.1) is 0 Å². The molecule has 2 aliphatic rings. The van der Waals surface area contributed by atoms with E-state index in [-0.39, 0.29) is 24.4 Å². The van der Waals surface area contributed by atoms with E-state index in [0.29, 0.717) is 5.56 Å². The first-order valence-electron chi connectivity index (χ1n) is 11.0. The van der Waals surface area contributed by atoms with Gasteiger partial charge in [0.25, 0.3) is 5.91 Å². The molecule has 0 spiro atoms. The Morgan fingerprint density at radius 2 is 1.80 bits per heavy atom. The van der Waals surface area contributed by atoms with Crippen LogP contribution >= 0.6 is 0 Å². The first kappa shape index (κ1) is 20.5. The first-order chi connectivity index (χ1) is 14.7. The van der Waals surface area contributed by atoms with Gasteiger partial charge in [0.2, 0.25) is 5.91 Å². The van der Waals surface area contributed by atoms with Crippen molar-refractivity contribution in [3.63, 3.8) is 0 Å². The minimum absolute atomic E-state index is 0.0260. The zero-order valence-electron chi connectivity index (χ0n) is 17.4. The molecule has 1 fully saturated rings. The van der Waals surface area contributed by atoms with Crippen LogP contribution in [-0.4, -0.2) is 53.9 Å². The van der Waals surface area contributed by atoms with E-state index < -0.39 is 0 Å². The molecule has 6 heteroatoms. The van der Waals surface area contributed by atoms with Gasteiger partial charge in [-0.3, -0.25) is 14.6 Å². The molecule has 2 amide bonds. The number of likely N-dealkylation sites (tertiary alicyclic amines) is 1. The highest BCUT2D eigenvalue weighted by atomic mass is 16.2. The molecule has 1 saturated heterocycles. The molecule has 0 unspecified atom stereocenters. The Balaban J connectivity index is 1.15. The summed E-state index contributed by atoms with van der Waals surface area (Å²) in [6, 6.07) is 10.2. The number of hydrogen-bond donors (Lipinski definition) is 2. The molecule has 1 aliphatic heterocycles. The summed E-state index contributed by atoms with van der Waals surface area (Å²) in [7, 11) is 0. The summed E-state index contributed by atoms with van der Waals surface area (Å²) in [5.74, 6) is -0.287. The van der Waals surface area contributed by atoms with E-state index in [4.69, 9.17) is 0 Å². The highest BCUT2D eigenvalue weighted by molar-refractivity contribution is 5.96. The SMILES string of the molecule is O=C(CNC(=O)c1ccc2c(c1)CCC2)NC1CCN(CCc2ccncc2)CC1. The van der Waals surface area contributed by atoms with Gasteiger partial charge in [0.15, 0.2) is 0 Å². The normalized spacial score (nSPS) is 16.8. The maximum Gasteiger partial charge on any atom is 0.251 e. The van der Waals surface area contributed by atoms with Gasteiger partial charge in [0, 0.05) is 43.6 Å². The lowest BCUT2D eigenvalue weighted by atomic mass is 10.0. The average Bonchev–Trinajstić information content (AvgIpc) is 3.26. The van der Waals surface area contributed by atoms with Crippen LogP contribution in [0.25, 0.3) is 0 Å². The van der Waals surface area contributed by atoms with Crippen LogP contribution in [0.2, 0.25) is 0 Å². The summed E-state index contributed by atoms with van der Waals surface area (Å²) in [5, 5.41) is 5.83. The summed E-state index contributed by atoms with van der Waals surface area (Å²) in [4.78, 5) is 31.2. The highest BCUT2D eigenvalue weighted by Crippen LogP contribution is 2.22. The molecule has 1 aliphatic carbocycles. The van der Waals surface area contributed by atoms with Crippen LogP contribution in [0.3, 0.4) is 0 Å². The van der Waals surface area contributed by atoms with Crippen molar-refractivity contribution in [1.82, 2.24) is 20.5 Å². The summed E-state index contributed by atoms with van der Waals surface area (Å²) in [5.41, 5.74) is 4.56. The number of rotatable bonds is 7. The second kappa shape index (κ2) is 9.85. The number of carbonyl (C=O) groups is 2. The predicted octanol–water partition coefficient (Wildman–Crippen LogP) is 2.12. The zero-order valence-corrected chi connectivity index (χ0v) is 17.4. The Hall–Kier alpha value is -2.73. The van der Waals surface area contributed by atoms with Gasteiger partial charge in [0.05, 0.1) is 6.54 Å². The number of carbonyl (C=O) groups excluding carboxylic acids is 2. The molecule has 2 heterocycles. The molecule has 0 saturated carbocycles. The van der Waals surface area contributed by atoms with Crippen molar-refractivity contribution < 1.29 is 9.59 Å². The fourth-order valence-electron chi connectivity index (χ4n) is 4.39. The molecule has 0 atom stereocenters. The quantitative estimate of drug-likeness (QED) is 0.739. The number of benzene rings is 1. The van der Waals surface area contributed by atoms with Gasteiger partial charge in [-0.15, -0.1) is 0 Å². The Labute approximate surface area is 178 Å². The third-order valence-electron chi connectivity index (χ3n) is 6.19. The van der Waals surface area contributed by atoms with E-state index in [0.717, 1.165) is 58.2 Å². The van der Waals surface area contributed by atoms with Crippen molar-refractivity contribution >= 4 is 11.8 Å². The van der Waals surface area contributed by atoms with Gasteiger partial charge >= 0.3 is 0 Å². The van der Waals surface area contributed by atoms with Crippen LogP contribution in [0.1, 0.15) is 46.3 Å². The smallest absolute Gasteiger partial charge is 0.251 e. The van der Waals surface area contributed by atoms with Crippen molar-refractivity contribution in [3.8, 4) is 0 Å². The van der Waals surface area contributed by atoms with Crippen LogP contribution < -0.4 is 10.6 Å². The monoisotopic (exact) mass is 406 g/mol. The van der Waals surface area contributed by atoms with Crippen LogP contribution in [0.5, 0.6) is 0 Å². The number of fused-ring (bicyclic) bond motifs is 1. The topological polar surface area (TPSA) is 74.3 Å². The summed E-state index contributed by atoms with van der Waals surface area (Å²) in [6.45, 7) is 3.02. The number of pyridine rings is 1. The summed E-state index contributed by atoms with van der Waals surface area (Å²) < 4.78 is 0. The zero-order chi connectivity index (χ0) is 20.8. The molecule has 2 N–H and O–H groups in total. The number of hydrogen-bond acceptors (Lipinski definition) is 4. The van der Waals surface area contributed by atoms with E-state index in [2.05, 4.69) is 32.7 Å². The lowest BCUT2D eigenvalue weighted by molar-refractivity contribution is -0.121. The van der Waals surface area contributed by atoms with Crippen molar-refractivity contribution in [2.45, 2.75) is 44.6 Å². The molecule has 4 rings (SSSR count). The second-order valence-electron chi connectivity index (χ2n) is 8.31. The maximum atomic E-state index is 12.4. The van der Waals surface area contributed by atoms with Crippen molar-refractivity contribution in [1.29, 1.82) is 0 Å². The number of aromatic nitrogens is 1. The Morgan fingerprint density at radius 1 is 1.03 bits per heavy atom. The molecule has 158 valence electrons. The van der Waals surface area contributed by atoms with Crippen LogP contribution in [0.4, 0.5) is 0 Å². The van der Waals surface area contributed by atoms with E-state index in [1.54, 1.807) is 0 Å². The first-order valence-corrected chi connectivity index (χ1v) is 11.0. The molecule has 0 bridgehead atoms. The minimum Gasteiger partial charge on any atom is -0.352 e. The fraction of sp³-hybridized carbons (Fsp3) is 0.458. The van der Waals surface area contributed by atoms with E-state index in [1.807, 2.05) is 30.6 Å². The van der Waals surface area contributed by atoms with Gasteiger partial charge in [-0.1, -0.05) is 6.07 Å².